The van der Waals surface area contributed by atoms with E-state index in [1.165, 1.54) is 0 Å². The molecule has 0 radical (unpaired) electrons. The van der Waals surface area contributed by atoms with Crippen LogP contribution in [0.15, 0.2) is 30.5 Å². The van der Waals surface area contributed by atoms with Crippen molar-refractivity contribution in [2.75, 3.05) is 7.11 Å². The van der Waals surface area contributed by atoms with Crippen LogP contribution < -0.4 is 4.74 Å². The predicted molar refractivity (Wildman–Crippen MR) is 72.3 cm³/mol. The topological polar surface area (TPSA) is 39.2 Å². The molecule has 0 fully saturated rings. The van der Waals surface area contributed by atoms with Crippen LogP contribution in [-0.4, -0.2) is 17.9 Å². The zero-order valence-corrected chi connectivity index (χ0v) is 11.3. The van der Waals surface area contributed by atoms with Gasteiger partial charge in [-0.15, -0.1) is 11.3 Å². The molecule has 1 aromatic heterocycles. The lowest BCUT2D eigenvalue weighted by Gasteiger charge is -2.05. The summed E-state index contributed by atoms with van der Waals surface area (Å²) in [6.45, 7) is 1.60. The second-order valence-corrected chi connectivity index (χ2v) is 5.29. The molecule has 0 aliphatic rings. The molecule has 0 atom stereocenters. The molecule has 18 heavy (non-hydrogen) atoms. The van der Waals surface area contributed by atoms with Gasteiger partial charge in [0.15, 0.2) is 0 Å². The molecule has 1 aromatic carbocycles. The molecule has 0 aliphatic heterocycles. The highest BCUT2D eigenvalue weighted by atomic mass is 32.1. The molecule has 94 valence electrons. The zero-order valence-electron chi connectivity index (χ0n) is 10.5. The number of ether oxygens (including phenoxy) is 1. The third-order valence-electron chi connectivity index (χ3n) is 2.56. The Morgan fingerprint density at radius 2 is 2.17 bits per heavy atom. The largest absolute Gasteiger partial charge is 0.496 e. The number of hydrogen-bond acceptors (Lipinski definition) is 4. The van der Waals surface area contributed by atoms with E-state index in [-0.39, 0.29) is 5.78 Å². The average Bonchev–Trinajstić information content (AvgIpc) is 2.76. The molecule has 0 aliphatic carbocycles. The van der Waals surface area contributed by atoms with Gasteiger partial charge in [0.1, 0.15) is 11.5 Å². The van der Waals surface area contributed by atoms with Crippen LogP contribution in [0.3, 0.4) is 0 Å². The Morgan fingerprint density at radius 3 is 2.89 bits per heavy atom. The summed E-state index contributed by atoms with van der Waals surface area (Å²) in [7, 11) is 1.67. The minimum Gasteiger partial charge on any atom is -0.496 e. The molecule has 0 bridgehead atoms. The number of carbonyl (C=O) groups excluding carboxylic acids is 1. The first-order chi connectivity index (χ1) is 8.69. The van der Waals surface area contributed by atoms with Gasteiger partial charge < -0.3 is 4.74 Å². The highest BCUT2D eigenvalue weighted by molar-refractivity contribution is 7.11. The Labute approximate surface area is 110 Å². The summed E-state index contributed by atoms with van der Waals surface area (Å²) in [4.78, 5) is 16.4. The summed E-state index contributed by atoms with van der Waals surface area (Å²) < 4.78 is 5.31. The number of thiazole rings is 1. The molecule has 0 amide bonds. The second-order valence-electron chi connectivity index (χ2n) is 4.09. The minimum absolute atomic E-state index is 0.169. The minimum atomic E-state index is 0.169. The van der Waals surface area contributed by atoms with E-state index < -0.39 is 0 Å². The van der Waals surface area contributed by atoms with Gasteiger partial charge in [-0.3, -0.25) is 4.79 Å². The van der Waals surface area contributed by atoms with Gasteiger partial charge in [0, 0.05) is 29.5 Å². The first-order valence-corrected chi connectivity index (χ1v) is 6.55. The lowest BCUT2D eigenvalue weighted by molar-refractivity contribution is -0.116. The Balaban J connectivity index is 2.13. The van der Waals surface area contributed by atoms with Crippen molar-refractivity contribution in [3.8, 4) is 5.75 Å². The van der Waals surface area contributed by atoms with Crippen LogP contribution in [0.2, 0.25) is 0 Å². The zero-order chi connectivity index (χ0) is 13.0. The van der Waals surface area contributed by atoms with Gasteiger partial charge in [-0.05, 0) is 13.0 Å². The van der Waals surface area contributed by atoms with Crippen LogP contribution >= 0.6 is 11.3 Å². The number of ketones is 1. The fourth-order valence-electron chi connectivity index (χ4n) is 1.77. The van der Waals surface area contributed by atoms with Crippen molar-refractivity contribution in [2.24, 2.45) is 0 Å². The van der Waals surface area contributed by atoms with E-state index >= 15 is 0 Å². The molecule has 4 heteroatoms. The average molecular weight is 261 g/mol. The number of aromatic nitrogens is 1. The van der Waals surface area contributed by atoms with Gasteiger partial charge in [0.05, 0.1) is 12.1 Å². The Bertz CT molecular complexity index is 548. The van der Waals surface area contributed by atoms with Crippen molar-refractivity contribution < 1.29 is 9.53 Å². The highest BCUT2D eigenvalue weighted by Gasteiger charge is 2.08. The van der Waals surface area contributed by atoms with E-state index in [9.17, 15) is 4.79 Å². The van der Waals surface area contributed by atoms with Crippen LogP contribution in [0.4, 0.5) is 0 Å². The van der Waals surface area contributed by atoms with Crippen molar-refractivity contribution >= 4 is 17.1 Å². The van der Waals surface area contributed by atoms with E-state index in [1.807, 2.05) is 24.3 Å². The van der Waals surface area contributed by atoms with Gasteiger partial charge in [-0.25, -0.2) is 4.98 Å². The third kappa shape index (κ3) is 3.17. The molecule has 0 spiro atoms. The van der Waals surface area contributed by atoms with Crippen LogP contribution in [-0.2, 0) is 17.6 Å². The molecule has 0 unspecified atom stereocenters. The molecule has 2 rings (SSSR count). The smallest absolute Gasteiger partial charge is 0.135 e. The number of hydrogen-bond donors (Lipinski definition) is 0. The van der Waals surface area contributed by atoms with Crippen molar-refractivity contribution in [3.05, 3.63) is 45.9 Å². The summed E-state index contributed by atoms with van der Waals surface area (Å²) in [5, 5.41) is 1.01. The molecule has 0 saturated heterocycles. The Kier molecular flexibility index (Phi) is 4.10. The van der Waals surface area contributed by atoms with E-state index in [0.717, 1.165) is 27.6 Å². The summed E-state index contributed by atoms with van der Waals surface area (Å²) in [5.74, 6) is 1.04. The molecule has 1 heterocycles. The highest BCUT2D eigenvalue weighted by Crippen LogP contribution is 2.23. The number of carbonyl (C=O) groups is 1. The van der Waals surface area contributed by atoms with Crippen molar-refractivity contribution in [2.45, 2.75) is 19.8 Å². The normalized spacial score (nSPS) is 10.3. The quantitative estimate of drug-likeness (QED) is 0.830. The predicted octanol–water partition coefficient (Wildman–Crippen LogP) is 2.87. The van der Waals surface area contributed by atoms with Gasteiger partial charge in [-0.1, -0.05) is 18.2 Å². The van der Waals surface area contributed by atoms with Crippen molar-refractivity contribution in [1.82, 2.24) is 4.98 Å². The van der Waals surface area contributed by atoms with E-state index in [1.54, 1.807) is 31.6 Å². The van der Waals surface area contributed by atoms with Crippen LogP contribution in [0, 0.1) is 0 Å². The van der Waals surface area contributed by atoms with Gasteiger partial charge in [0.25, 0.3) is 0 Å². The van der Waals surface area contributed by atoms with Crippen molar-refractivity contribution in [3.63, 3.8) is 0 Å². The second kappa shape index (κ2) is 5.78. The Morgan fingerprint density at radius 1 is 1.39 bits per heavy atom. The summed E-state index contributed by atoms with van der Waals surface area (Å²) in [5.41, 5.74) is 1.11. The molecule has 2 aromatic rings. The SMILES string of the molecule is COc1ccccc1Cc1ncc(CC(C)=O)s1. The maximum atomic E-state index is 11.0. The monoisotopic (exact) mass is 261 g/mol. The fourth-order valence-corrected chi connectivity index (χ4v) is 2.79. The number of nitrogens with zero attached hydrogens (tertiary/aromatic N) is 1. The maximum absolute atomic E-state index is 11.0. The van der Waals surface area contributed by atoms with Crippen molar-refractivity contribution in [1.29, 1.82) is 0 Å². The molecule has 0 N–H and O–H groups in total. The lowest BCUT2D eigenvalue weighted by Crippen LogP contribution is -1.93. The van der Waals surface area contributed by atoms with Crippen LogP contribution in [0.1, 0.15) is 22.4 Å². The molecule has 3 nitrogen and oxygen atoms in total. The number of rotatable bonds is 5. The van der Waals surface area contributed by atoms with Gasteiger partial charge in [-0.2, -0.15) is 0 Å². The summed E-state index contributed by atoms with van der Waals surface area (Å²) in [6, 6.07) is 7.91. The lowest BCUT2D eigenvalue weighted by atomic mass is 10.1. The van der Waals surface area contributed by atoms with Crippen LogP contribution in [0.5, 0.6) is 5.75 Å². The van der Waals surface area contributed by atoms with Gasteiger partial charge in [0.2, 0.25) is 0 Å². The van der Waals surface area contributed by atoms with E-state index in [0.29, 0.717) is 6.42 Å². The van der Waals surface area contributed by atoms with E-state index in [4.69, 9.17) is 4.74 Å². The fraction of sp³-hybridized carbons (Fsp3) is 0.286. The molecular formula is C14H15NO2S. The first kappa shape index (κ1) is 12.8. The van der Waals surface area contributed by atoms with Gasteiger partial charge >= 0.3 is 0 Å². The maximum Gasteiger partial charge on any atom is 0.135 e. The van der Waals surface area contributed by atoms with Crippen LogP contribution in [0.25, 0.3) is 0 Å². The number of benzene rings is 1. The summed E-state index contributed by atoms with van der Waals surface area (Å²) >= 11 is 1.59. The third-order valence-corrected chi connectivity index (χ3v) is 3.56. The molecule has 0 saturated carbocycles. The summed E-state index contributed by atoms with van der Waals surface area (Å²) in [6.07, 6.45) is 3.01. The molecular weight excluding hydrogens is 246 g/mol. The number of Topliss-reactive ketones (excluding diaryl/α,β-unsaturated/α-hetero) is 1. The Hall–Kier alpha value is -1.68. The van der Waals surface area contributed by atoms with E-state index in [2.05, 4.69) is 4.98 Å². The number of methoxy groups -OCH3 is 1. The number of para-hydroxylation sites is 1. The first-order valence-electron chi connectivity index (χ1n) is 5.74. The standard InChI is InChI=1S/C14H15NO2S/c1-10(16)7-12-9-15-14(18-12)8-11-5-3-4-6-13(11)17-2/h3-6,9H,7-8H2,1-2H3.